The summed E-state index contributed by atoms with van der Waals surface area (Å²) in [5, 5.41) is 28.4. The second-order valence-electron chi connectivity index (χ2n) is 7.46. The molecule has 4 atom stereocenters. The van der Waals surface area contributed by atoms with Crippen LogP contribution in [0, 0.1) is 0 Å². The van der Waals surface area contributed by atoms with Crippen molar-refractivity contribution < 1.29 is 15.0 Å². The molecule has 134 valence electrons. The smallest absolute Gasteiger partial charge is 0.237 e. The van der Waals surface area contributed by atoms with Crippen LogP contribution in [0.25, 0.3) is 0 Å². The molecule has 2 rings (SSSR count). The zero-order chi connectivity index (χ0) is 17.7. The Morgan fingerprint density at radius 1 is 1.25 bits per heavy atom. The zero-order valence-corrected chi connectivity index (χ0v) is 14.6. The summed E-state index contributed by atoms with van der Waals surface area (Å²) in [5.74, 6) is -0.143. The van der Waals surface area contributed by atoms with Gasteiger partial charge in [-0.05, 0) is 45.6 Å². The van der Waals surface area contributed by atoms with Gasteiger partial charge in [0.05, 0.1) is 12.1 Å². The monoisotopic (exact) mass is 335 g/mol. The first-order valence-corrected chi connectivity index (χ1v) is 8.49. The molecule has 1 amide bonds. The molecule has 0 aromatic heterocycles. The standard InChI is InChI=1S/C18H29N3O3/c1-18(2,3)21-14(11-12-7-5-4-6-8-12)17(24)19-13-9-10-15(22)20-16(13)23/h4-8,13-16,20-23H,9-11H2,1-3H3,(H,19,24)/t13-,14-,15-,16-/m0/s1. The number of nitrogens with one attached hydrogen (secondary N) is 3. The van der Waals surface area contributed by atoms with Crippen LogP contribution in [0.3, 0.4) is 0 Å². The Labute approximate surface area is 143 Å². The first-order chi connectivity index (χ1) is 11.2. The molecule has 0 bridgehead atoms. The first kappa shape index (κ1) is 18.9. The van der Waals surface area contributed by atoms with Gasteiger partial charge in [0, 0.05) is 5.54 Å². The molecule has 6 heteroatoms. The van der Waals surface area contributed by atoms with Gasteiger partial charge in [0.15, 0.2) is 0 Å². The molecule has 1 aliphatic heterocycles. The molecule has 24 heavy (non-hydrogen) atoms. The predicted molar refractivity (Wildman–Crippen MR) is 93.1 cm³/mol. The van der Waals surface area contributed by atoms with E-state index in [1.807, 2.05) is 51.1 Å². The fourth-order valence-corrected chi connectivity index (χ4v) is 2.91. The second kappa shape index (κ2) is 8.07. The van der Waals surface area contributed by atoms with Crippen LogP contribution in [0.4, 0.5) is 0 Å². The van der Waals surface area contributed by atoms with Gasteiger partial charge in [0.2, 0.25) is 5.91 Å². The zero-order valence-electron chi connectivity index (χ0n) is 14.6. The van der Waals surface area contributed by atoms with E-state index < -0.39 is 24.5 Å². The number of aliphatic hydroxyl groups excluding tert-OH is 2. The third kappa shape index (κ3) is 5.87. The lowest BCUT2D eigenvalue weighted by Gasteiger charge is -2.34. The summed E-state index contributed by atoms with van der Waals surface area (Å²) in [7, 11) is 0. The minimum Gasteiger partial charge on any atom is -0.379 e. The van der Waals surface area contributed by atoms with Crippen molar-refractivity contribution >= 4 is 5.91 Å². The molecule has 1 saturated heterocycles. The molecule has 1 heterocycles. The minimum absolute atomic E-state index is 0.143. The molecule has 1 aromatic rings. The van der Waals surface area contributed by atoms with Crippen LogP contribution in [0.2, 0.25) is 0 Å². The number of hydrogen-bond acceptors (Lipinski definition) is 5. The van der Waals surface area contributed by atoms with Crippen LogP contribution in [-0.4, -0.2) is 46.2 Å². The molecule has 0 aliphatic carbocycles. The van der Waals surface area contributed by atoms with Crippen LogP contribution in [0.5, 0.6) is 0 Å². The van der Waals surface area contributed by atoms with Crippen LogP contribution < -0.4 is 16.0 Å². The summed E-state index contributed by atoms with van der Waals surface area (Å²) in [4.78, 5) is 12.7. The average molecular weight is 335 g/mol. The number of benzene rings is 1. The molecule has 0 radical (unpaired) electrons. The lowest BCUT2D eigenvalue weighted by atomic mass is 9.99. The van der Waals surface area contributed by atoms with Crippen LogP contribution >= 0.6 is 0 Å². The highest BCUT2D eigenvalue weighted by Crippen LogP contribution is 2.13. The number of piperidine rings is 1. The van der Waals surface area contributed by atoms with Crippen LogP contribution in [-0.2, 0) is 11.2 Å². The summed E-state index contributed by atoms with van der Waals surface area (Å²) < 4.78 is 0. The van der Waals surface area contributed by atoms with Crippen molar-refractivity contribution in [2.24, 2.45) is 0 Å². The lowest BCUT2D eigenvalue weighted by molar-refractivity contribution is -0.126. The molecule has 0 unspecified atom stereocenters. The Morgan fingerprint density at radius 2 is 1.92 bits per heavy atom. The Hall–Kier alpha value is -1.47. The van der Waals surface area contributed by atoms with Crippen LogP contribution in [0.15, 0.2) is 30.3 Å². The first-order valence-electron chi connectivity index (χ1n) is 8.49. The maximum Gasteiger partial charge on any atom is 0.237 e. The third-order valence-corrected chi connectivity index (χ3v) is 4.03. The topological polar surface area (TPSA) is 93.6 Å². The molecular formula is C18H29N3O3. The Balaban J connectivity index is 2.03. The molecule has 5 N–H and O–H groups in total. The van der Waals surface area contributed by atoms with Gasteiger partial charge < -0.3 is 20.8 Å². The van der Waals surface area contributed by atoms with Gasteiger partial charge in [-0.15, -0.1) is 0 Å². The van der Waals surface area contributed by atoms with E-state index in [1.54, 1.807) is 0 Å². The SMILES string of the molecule is CC(C)(C)N[C@@H](Cc1ccccc1)C(=O)N[C@H]1CC[C@H](O)N[C@H]1O. The number of amides is 1. The molecule has 1 aromatic carbocycles. The summed E-state index contributed by atoms with van der Waals surface area (Å²) in [6, 6.07) is 9.06. The third-order valence-electron chi connectivity index (χ3n) is 4.03. The highest BCUT2D eigenvalue weighted by atomic mass is 16.3. The Bertz CT molecular complexity index is 530. The fraction of sp³-hybridized carbons (Fsp3) is 0.611. The van der Waals surface area contributed by atoms with Crippen molar-refractivity contribution in [2.75, 3.05) is 0 Å². The van der Waals surface area contributed by atoms with Gasteiger partial charge >= 0.3 is 0 Å². The predicted octanol–water partition coefficient (Wildman–Crippen LogP) is 0.491. The van der Waals surface area contributed by atoms with Crippen LogP contribution in [0.1, 0.15) is 39.2 Å². The summed E-state index contributed by atoms with van der Waals surface area (Å²) in [6.07, 6.45) is -0.0547. The van der Waals surface area contributed by atoms with Crippen molar-refractivity contribution in [1.82, 2.24) is 16.0 Å². The average Bonchev–Trinajstić information content (AvgIpc) is 2.49. The maximum absolute atomic E-state index is 12.7. The van der Waals surface area contributed by atoms with E-state index >= 15 is 0 Å². The molecule has 1 fully saturated rings. The van der Waals surface area contributed by atoms with Crippen molar-refractivity contribution in [3.8, 4) is 0 Å². The van der Waals surface area contributed by atoms with E-state index in [4.69, 9.17) is 0 Å². The Morgan fingerprint density at radius 3 is 2.50 bits per heavy atom. The fourth-order valence-electron chi connectivity index (χ4n) is 2.91. The second-order valence-corrected chi connectivity index (χ2v) is 7.46. The lowest BCUT2D eigenvalue weighted by Crippen LogP contribution is -2.60. The highest BCUT2D eigenvalue weighted by Gasteiger charge is 2.31. The van der Waals surface area contributed by atoms with E-state index in [9.17, 15) is 15.0 Å². The number of rotatable bonds is 5. The normalized spacial score (nSPS) is 26.0. The minimum atomic E-state index is -0.940. The molecule has 1 aliphatic rings. The quantitative estimate of drug-likeness (QED) is 0.540. The van der Waals surface area contributed by atoms with E-state index in [0.29, 0.717) is 19.3 Å². The van der Waals surface area contributed by atoms with Gasteiger partial charge in [-0.1, -0.05) is 30.3 Å². The van der Waals surface area contributed by atoms with E-state index in [0.717, 1.165) is 5.56 Å². The number of aliphatic hydroxyl groups is 2. The van der Waals surface area contributed by atoms with Crippen molar-refractivity contribution in [3.05, 3.63) is 35.9 Å². The van der Waals surface area contributed by atoms with Crippen molar-refractivity contribution in [3.63, 3.8) is 0 Å². The van der Waals surface area contributed by atoms with E-state index in [1.165, 1.54) is 0 Å². The van der Waals surface area contributed by atoms with Crippen molar-refractivity contribution in [1.29, 1.82) is 0 Å². The highest BCUT2D eigenvalue weighted by molar-refractivity contribution is 5.82. The van der Waals surface area contributed by atoms with E-state index in [-0.39, 0.29) is 11.4 Å². The van der Waals surface area contributed by atoms with Gasteiger partial charge in [-0.3, -0.25) is 10.1 Å². The van der Waals surface area contributed by atoms with Gasteiger partial charge in [0.1, 0.15) is 12.5 Å². The van der Waals surface area contributed by atoms with Gasteiger partial charge in [-0.2, -0.15) is 0 Å². The maximum atomic E-state index is 12.7. The molecule has 0 saturated carbocycles. The molecule has 0 spiro atoms. The summed E-state index contributed by atoms with van der Waals surface area (Å²) >= 11 is 0. The van der Waals surface area contributed by atoms with Crippen molar-refractivity contribution in [2.45, 2.75) is 70.1 Å². The van der Waals surface area contributed by atoms with Gasteiger partial charge in [-0.25, -0.2) is 0 Å². The number of carbonyl (C=O) groups is 1. The molecule has 6 nitrogen and oxygen atoms in total. The number of hydrogen-bond donors (Lipinski definition) is 5. The van der Waals surface area contributed by atoms with E-state index in [2.05, 4.69) is 16.0 Å². The largest absolute Gasteiger partial charge is 0.379 e. The molecular weight excluding hydrogens is 306 g/mol. The Kier molecular flexibility index (Phi) is 6.34. The van der Waals surface area contributed by atoms with Gasteiger partial charge in [0.25, 0.3) is 0 Å². The summed E-state index contributed by atoms with van der Waals surface area (Å²) in [6.45, 7) is 6.06. The number of carbonyl (C=O) groups excluding carboxylic acids is 1. The summed E-state index contributed by atoms with van der Waals surface area (Å²) in [5.41, 5.74) is 0.864.